The van der Waals surface area contributed by atoms with E-state index in [4.69, 9.17) is 15.3 Å². The molecule has 0 saturated carbocycles. The van der Waals surface area contributed by atoms with Gasteiger partial charge in [-0.05, 0) is 11.6 Å². The lowest BCUT2D eigenvalue weighted by Gasteiger charge is -2.21. The van der Waals surface area contributed by atoms with Gasteiger partial charge in [-0.15, -0.1) is 0 Å². The van der Waals surface area contributed by atoms with Crippen LogP contribution in [0.5, 0.6) is 0 Å². The summed E-state index contributed by atoms with van der Waals surface area (Å²) < 4.78 is 10.2. The number of hydrogen-bond acceptors (Lipinski definition) is 6. The van der Waals surface area contributed by atoms with E-state index in [1.165, 1.54) is 0 Å². The number of nitrogens with one attached hydrogen (secondary N) is 1. The smallest absolute Gasteiger partial charge is 0.139 e. The van der Waals surface area contributed by atoms with Crippen molar-refractivity contribution in [1.82, 2.24) is 9.88 Å². The number of methoxy groups -OCH3 is 2. The first-order valence-corrected chi connectivity index (χ1v) is 5.92. The average Bonchev–Trinajstić information content (AvgIpc) is 2.42. The van der Waals surface area contributed by atoms with Crippen molar-refractivity contribution in [3.05, 3.63) is 23.9 Å². The molecule has 1 heterocycles. The number of rotatable bonds is 9. The minimum absolute atomic E-state index is 0.666. The van der Waals surface area contributed by atoms with Gasteiger partial charge in [-0.1, -0.05) is 6.07 Å². The van der Waals surface area contributed by atoms with E-state index in [1.807, 2.05) is 18.3 Å². The average molecular weight is 254 g/mol. The Hall–Kier alpha value is -1.21. The minimum Gasteiger partial charge on any atom is -0.383 e. The number of anilines is 1. The lowest BCUT2D eigenvalue weighted by atomic mass is 10.2. The van der Waals surface area contributed by atoms with Gasteiger partial charge >= 0.3 is 0 Å². The van der Waals surface area contributed by atoms with Crippen molar-refractivity contribution in [3.8, 4) is 0 Å². The normalized spacial score (nSPS) is 10.9. The van der Waals surface area contributed by atoms with Gasteiger partial charge in [-0.25, -0.2) is 10.8 Å². The zero-order valence-electron chi connectivity index (χ0n) is 11.1. The van der Waals surface area contributed by atoms with Gasteiger partial charge in [0.05, 0.1) is 13.2 Å². The highest BCUT2D eigenvalue weighted by Gasteiger charge is 2.06. The first-order valence-electron chi connectivity index (χ1n) is 5.92. The summed E-state index contributed by atoms with van der Waals surface area (Å²) in [5.41, 5.74) is 3.65. The van der Waals surface area contributed by atoms with Crippen LogP contribution in [0.3, 0.4) is 0 Å². The highest BCUT2D eigenvalue weighted by Crippen LogP contribution is 2.06. The molecule has 0 radical (unpaired) electrons. The first kappa shape index (κ1) is 14.8. The fraction of sp³-hybridized carbons (Fsp3) is 0.583. The number of nitrogens with two attached hydrogens (primary N) is 1. The molecule has 6 heteroatoms. The summed E-state index contributed by atoms with van der Waals surface area (Å²) in [6.45, 7) is 3.98. The van der Waals surface area contributed by atoms with E-state index >= 15 is 0 Å². The second kappa shape index (κ2) is 8.82. The molecule has 102 valence electrons. The minimum atomic E-state index is 0.666. The molecular weight excluding hydrogens is 232 g/mol. The fourth-order valence-corrected chi connectivity index (χ4v) is 1.57. The Morgan fingerprint density at radius 3 is 2.33 bits per heavy atom. The Morgan fingerprint density at radius 1 is 1.22 bits per heavy atom. The summed E-state index contributed by atoms with van der Waals surface area (Å²) in [5, 5.41) is 0. The van der Waals surface area contributed by atoms with Crippen LogP contribution in [-0.2, 0) is 16.0 Å². The van der Waals surface area contributed by atoms with Gasteiger partial charge in [0.2, 0.25) is 0 Å². The first-order chi connectivity index (χ1) is 8.80. The third-order valence-corrected chi connectivity index (χ3v) is 2.60. The van der Waals surface area contributed by atoms with Crippen LogP contribution in [0.4, 0.5) is 5.82 Å². The molecule has 0 unspecified atom stereocenters. The Morgan fingerprint density at radius 2 is 1.89 bits per heavy atom. The van der Waals surface area contributed by atoms with Crippen molar-refractivity contribution < 1.29 is 9.47 Å². The molecule has 1 aromatic heterocycles. The maximum Gasteiger partial charge on any atom is 0.139 e. The maximum atomic E-state index is 5.28. The van der Waals surface area contributed by atoms with Gasteiger partial charge in [-0.3, -0.25) is 4.90 Å². The number of aromatic nitrogens is 1. The van der Waals surface area contributed by atoms with E-state index < -0.39 is 0 Å². The monoisotopic (exact) mass is 254 g/mol. The fourth-order valence-electron chi connectivity index (χ4n) is 1.57. The second-order valence-corrected chi connectivity index (χ2v) is 3.96. The molecule has 0 fully saturated rings. The van der Waals surface area contributed by atoms with Gasteiger partial charge in [0.15, 0.2) is 0 Å². The molecule has 0 aliphatic rings. The van der Waals surface area contributed by atoms with Crippen molar-refractivity contribution in [2.45, 2.75) is 6.54 Å². The van der Waals surface area contributed by atoms with Gasteiger partial charge < -0.3 is 14.9 Å². The summed E-state index contributed by atoms with van der Waals surface area (Å²) in [6, 6.07) is 3.87. The zero-order valence-corrected chi connectivity index (χ0v) is 11.1. The van der Waals surface area contributed by atoms with Crippen LogP contribution in [-0.4, -0.2) is 50.4 Å². The standard InChI is InChI=1S/C12H22N4O2/c1-17-7-5-16(6-8-18-2)10-11-3-4-12(15-13)14-9-11/h3-4,9H,5-8,10,13H2,1-2H3,(H,14,15). The van der Waals surface area contributed by atoms with E-state index in [1.54, 1.807) is 14.2 Å². The number of hydrazine groups is 1. The Balaban J connectivity index is 2.51. The second-order valence-electron chi connectivity index (χ2n) is 3.96. The number of pyridine rings is 1. The van der Waals surface area contributed by atoms with Crippen LogP contribution in [0.2, 0.25) is 0 Å². The lowest BCUT2D eigenvalue weighted by Crippen LogP contribution is -2.30. The number of ether oxygens (including phenoxy) is 2. The van der Waals surface area contributed by atoms with E-state index in [-0.39, 0.29) is 0 Å². The molecule has 0 atom stereocenters. The molecule has 0 saturated heterocycles. The quantitative estimate of drug-likeness (QED) is 0.493. The third kappa shape index (κ3) is 5.42. The van der Waals surface area contributed by atoms with Crippen molar-refractivity contribution >= 4 is 5.82 Å². The predicted octanol–water partition coefficient (Wildman–Crippen LogP) is 0.462. The summed E-state index contributed by atoms with van der Waals surface area (Å²) in [6.07, 6.45) is 1.82. The molecule has 0 spiro atoms. The molecule has 0 aromatic carbocycles. The molecule has 0 aliphatic carbocycles. The Labute approximate surface area is 108 Å². The van der Waals surface area contributed by atoms with E-state index in [0.29, 0.717) is 19.0 Å². The van der Waals surface area contributed by atoms with Gasteiger partial charge in [0.1, 0.15) is 5.82 Å². The van der Waals surface area contributed by atoms with E-state index in [9.17, 15) is 0 Å². The summed E-state index contributed by atoms with van der Waals surface area (Å²) >= 11 is 0. The molecule has 1 rings (SSSR count). The molecule has 0 amide bonds. The van der Waals surface area contributed by atoms with Crippen molar-refractivity contribution in [1.29, 1.82) is 0 Å². The number of hydrogen-bond donors (Lipinski definition) is 2. The van der Waals surface area contributed by atoms with Gasteiger partial charge in [0, 0.05) is 40.1 Å². The van der Waals surface area contributed by atoms with Crippen LogP contribution in [0.1, 0.15) is 5.56 Å². The maximum absolute atomic E-state index is 5.28. The molecule has 18 heavy (non-hydrogen) atoms. The van der Waals surface area contributed by atoms with Crippen LogP contribution >= 0.6 is 0 Å². The van der Waals surface area contributed by atoms with Crippen molar-refractivity contribution in [2.75, 3.05) is 45.9 Å². The molecule has 1 aromatic rings. The summed E-state index contributed by atoms with van der Waals surface area (Å²) in [5.74, 6) is 5.94. The van der Waals surface area contributed by atoms with E-state index in [0.717, 1.165) is 25.2 Å². The van der Waals surface area contributed by atoms with Gasteiger partial charge in [0.25, 0.3) is 0 Å². The molecule has 0 bridgehead atoms. The van der Waals surface area contributed by atoms with Crippen molar-refractivity contribution in [3.63, 3.8) is 0 Å². The Bertz CT molecular complexity index is 310. The molecule has 6 nitrogen and oxygen atoms in total. The van der Waals surface area contributed by atoms with Crippen LogP contribution < -0.4 is 11.3 Å². The Kier molecular flexibility index (Phi) is 7.28. The number of nitrogen functional groups attached to an aromatic ring is 1. The molecule has 3 N–H and O–H groups in total. The van der Waals surface area contributed by atoms with Crippen LogP contribution in [0, 0.1) is 0 Å². The summed E-state index contributed by atoms with van der Waals surface area (Å²) in [4.78, 5) is 6.45. The lowest BCUT2D eigenvalue weighted by molar-refractivity contribution is 0.110. The van der Waals surface area contributed by atoms with Crippen molar-refractivity contribution in [2.24, 2.45) is 5.84 Å². The topological polar surface area (TPSA) is 72.6 Å². The predicted molar refractivity (Wildman–Crippen MR) is 71.1 cm³/mol. The van der Waals surface area contributed by atoms with Crippen LogP contribution in [0.15, 0.2) is 18.3 Å². The summed E-state index contributed by atoms with van der Waals surface area (Å²) in [7, 11) is 3.41. The van der Waals surface area contributed by atoms with Gasteiger partial charge in [-0.2, -0.15) is 0 Å². The molecular formula is C12H22N4O2. The highest BCUT2D eigenvalue weighted by atomic mass is 16.5. The highest BCUT2D eigenvalue weighted by molar-refractivity contribution is 5.33. The third-order valence-electron chi connectivity index (χ3n) is 2.60. The largest absolute Gasteiger partial charge is 0.383 e. The van der Waals surface area contributed by atoms with E-state index in [2.05, 4.69) is 15.3 Å². The zero-order chi connectivity index (χ0) is 13.2. The molecule has 0 aliphatic heterocycles. The number of nitrogens with zero attached hydrogens (tertiary/aromatic N) is 2. The SMILES string of the molecule is COCCN(CCOC)Cc1ccc(NN)nc1. The van der Waals surface area contributed by atoms with Crippen LogP contribution in [0.25, 0.3) is 0 Å².